The summed E-state index contributed by atoms with van der Waals surface area (Å²) in [6.07, 6.45) is 2.69. The maximum absolute atomic E-state index is 11.8. The van der Waals surface area contributed by atoms with E-state index in [-0.39, 0.29) is 12.0 Å². The predicted molar refractivity (Wildman–Crippen MR) is 82.3 cm³/mol. The molecule has 0 amide bonds. The molecule has 1 aromatic carbocycles. The number of rotatable bonds is 9. The van der Waals surface area contributed by atoms with Gasteiger partial charge in [-0.3, -0.25) is 0 Å². The second-order valence-corrected chi connectivity index (χ2v) is 5.61. The van der Waals surface area contributed by atoms with Crippen LogP contribution in [0.3, 0.4) is 0 Å². The van der Waals surface area contributed by atoms with E-state index in [4.69, 9.17) is 9.47 Å². The molecule has 4 heteroatoms. The molecule has 0 saturated heterocycles. The van der Waals surface area contributed by atoms with Gasteiger partial charge in [-0.25, -0.2) is 4.79 Å². The van der Waals surface area contributed by atoms with Crippen LogP contribution >= 0.6 is 0 Å². The summed E-state index contributed by atoms with van der Waals surface area (Å²) in [6, 6.07) is 8.95. The third-order valence-electron chi connectivity index (χ3n) is 3.41. The Morgan fingerprint density at radius 1 is 1.24 bits per heavy atom. The van der Waals surface area contributed by atoms with Gasteiger partial charge in [0.05, 0.1) is 6.10 Å². The highest BCUT2D eigenvalue weighted by Crippen LogP contribution is 2.29. The summed E-state index contributed by atoms with van der Waals surface area (Å²) in [7, 11) is 0. The molecule has 0 radical (unpaired) electrons. The van der Waals surface area contributed by atoms with Gasteiger partial charge in [0, 0.05) is 5.92 Å². The smallest absolute Gasteiger partial charge is 0.377 e. The number of benzene rings is 1. The van der Waals surface area contributed by atoms with Crippen molar-refractivity contribution in [3.05, 3.63) is 30.3 Å². The van der Waals surface area contributed by atoms with Gasteiger partial charge in [-0.1, -0.05) is 51.8 Å². The first-order valence-electron chi connectivity index (χ1n) is 7.57. The molecule has 2 unspecified atom stereocenters. The van der Waals surface area contributed by atoms with E-state index in [0.29, 0.717) is 5.75 Å². The Balaban J connectivity index is 2.96. The van der Waals surface area contributed by atoms with Gasteiger partial charge >= 0.3 is 11.8 Å². The van der Waals surface area contributed by atoms with Crippen molar-refractivity contribution in [1.29, 1.82) is 0 Å². The van der Waals surface area contributed by atoms with E-state index in [1.54, 1.807) is 26.0 Å². The number of carbonyl (C=O) groups is 1. The Morgan fingerprint density at radius 2 is 1.86 bits per heavy atom. The van der Waals surface area contributed by atoms with Crippen LogP contribution in [0.1, 0.15) is 47.0 Å². The maximum Gasteiger partial charge on any atom is 0.377 e. The van der Waals surface area contributed by atoms with E-state index in [1.807, 2.05) is 25.1 Å². The monoisotopic (exact) mass is 294 g/mol. The molecule has 0 bridgehead atoms. The number of carboxylic acids is 1. The maximum atomic E-state index is 11.8. The quantitative estimate of drug-likeness (QED) is 0.697. The van der Waals surface area contributed by atoms with Crippen molar-refractivity contribution in [2.24, 2.45) is 5.92 Å². The highest BCUT2D eigenvalue weighted by Gasteiger charge is 2.47. The lowest BCUT2D eigenvalue weighted by molar-refractivity contribution is -0.242. The van der Waals surface area contributed by atoms with Gasteiger partial charge in [0.2, 0.25) is 0 Å². The van der Waals surface area contributed by atoms with Crippen LogP contribution in [0.5, 0.6) is 5.75 Å². The molecule has 1 aromatic rings. The molecule has 4 nitrogen and oxygen atoms in total. The van der Waals surface area contributed by atoms with Gasteiger partial charge in [-0.05, 0) is 25.5 Å². The van der Waals surface area contributed by atoms with Gasteiger partial charge in [-0.2, -0.15) is 0 Å². The summed E-state index contributed by atoms with van der Waals surface area (Å²) in [5.41, 5.74) is 0. The molecule has 0 aliphatic carbocycles. The second kappa shape index (κ2) is 8.03. The third-order valence-corrected chi connectivity index (χ3v) is 3.41. The number of unbranched alkanes of at least 4 members (excludes halogenated alkanes) is 1. The molecule has 0 aliphatic rings. The van der Waals surface area contributed by atoms with Crippen molar-refractivity contribution in [3.63, 3.8) is 0 Å². The van der Waals surface area contributed by atoms with Crippen molar-refractivity contribution >= 4 is 5.97 Å². The summed E-state index contributed by atoms with van der Waals surface area (Å²) in [4.78, 5) is 11.8. The zero-order valence-corrected chi connectivity index (χ0v) is 13.3. The first kappa shape index (κ1) is 17.5. The zero-order valence-electron chi connectivity index (χ0n) is 13.3. The van der Waals surface area contributed by atoms with Gasteiger partial charge in [0.25, 0.3) is 0 Å². The average Bonchev–Trinajstić information content (AvgIpc) is 2.45. The van der Waals surface area contributed by atoms with E-state index in [9.17, 15) is 9.90 Å². The first-order valence-corrected chi connectivity index (χ1v) is 7.57. The molecule has 0 saturated carbocycles. The van der Waals surface area contributed by atoms with Crippen LogP contribution in [-0.2, 0) is 9.53 Å². The normalized spacial score (nSPS) is 15.5. The van der Waals surface area contributed by atoms with E-state index >= 15 is 0 Å². The molecule has 0 aliphatic heterocycles. The summed E-state index contributed by atoms with van der Waals surface area (Å²) < 4.78 is 11.6. The van der Waals surface area contributed by atoms with Gasteiger partial charge in [-0.15, -0.1) is 0 Å². The van der Waals surface area contributed by atoms with Crippen LogP contribution in [0.25, 0.3) is 0 Å². The molecule has 0 heterocycles. The molecular formula is C17H26O4. The van der Waals surface area contributed by atoms with Crippen molar-refractivity contribution < 1.29 is 19.4 Å². The molecule has 1 rings (SSSR count). The highest BCUT2D eigenvalue weighted by molar-refractivity contribution is 5.76. The molecule has 1 N–H and O–H groups in total. The molecule has 0 aromatic heterocycles. The topological polar surface area (TPSA) is 55.8 Å². The Hall–Kier alpha value is -1.55. The largest absolute Gasteiger partial charge is 0.476 e. The lowest BCUT2D eigenvalue weighted by atomic mass is 10.0. The fourth-order valence-electron chi connectivity index (χ4n) is 2.13. The molecule has 0 fully saturated rings. The van der Waals surface area contributed by atoms with Crippen LogP contribution in [0.15, 0.2) is 30.3 Å². The molecule has 2 atom stereocenters. The number of para-hydroxylation sites is 1. The van der Waals surface area contributed by atoms with Crippen molar-refractivity contribution in [2.45, 2.75) is 58.8 Å². The predicted octanol–water partition coefficient (Wildman–Crippen LogP) is 4.10. The first-order chi connectivity index (χ1) is 9.92. The van der Waals surface area contributed by atoms with E-state index in [0.717, 1.165) is 19.3 Å². The minimum atomic E-state index is -1.66. The minimum absolute atomic E-state index is 0.174. The molecular weight excluding hydrogens is 268 g/mol. The van der Waals surface area contributed by atoms with Crippen LogP contribution in [0.2, 0.25) is 0 Å². The standard InChI is InChI=1S/C17H26O4/c1-5-6-10-14(4)20-17(13(2)3,16(18)19)21-15-11-8-7-9-12-15/h7-9,11-14H,5-6,10H2,1-4H3,(H,18,19). The van der Waals surface area contributed by atoms with Gasteiger partial charge in [0.1, 0.15) is 5.75 Å². The van der Waals surface area contributed by atoms with E-state index in [2.05, 4.69) is 6.92 Å². The lowest BCUT2D eigenvalue weighted by Crippen LogP contribution is -2.53. The number of aliphatic carboxylic acids is 1. The van der Waals surface area contributed by atoms with Crippen molar-refractivity contribution in [2.75, 3.05) is 0 Å². The second-order valence-electron chi connectivity index (χ2n) is 5.61. The summed E-state index contributed by atoms with van der Waals surface area (Å²) in [5, 5.41) is 9.68. The summed E-state index contributed by atoms with van der Waals surface area (Å²) in [5.74, 6) is -2.57. The summed E-state index contributed by atoms with van der Waals surface area (Å²) in [6.45, 7) is 7.58. The van der Waals surface area contributed by atoms with E-state index in [1.165, 1.54) is 0 Å². The number of ether oxygens (including phenoxy) is 2. The SMILES string of the molecule is CCCCC(C)OC(Oc1ccccc1)(C(=O)O)C(C)C. The summed E-state index contributed by atoms with van der Waals surface area (Å²) >= 11 is 0. The Bertz CT molecular complexity index is 430. The molecule has 21 heavy (non-hydrogen) atoms. The Morgan fingerprint density at radius 3 is 2.33 bits per heavy atom. The third kappa shape index (κ3) is 4.74. The zero-order chi connectivity index (χ0) is 15.9. The Kier molecular flexibility index (Phi) is 6.69. The minimum Gasteiger partial charge on any atom is -0.476 e. The van der Waals surface area contributed by atoms with Crippen LogP contribution in [0, 0.1) is 5.92 Å². The Labute approximate surface area is 127 Å². The van der Waals surface area contributed by atoms with Crippen LogP contribution in [-0.4, -0.2) is 23.0 Å². The van der Waals surface area contributed by atoms with Crippen molar-refractivity contribution in [1.82, 2.24) is 0 Å². The number of carboxylic acid groups (broad SMARTS) is 1. The fourth-order valence-corrected chi connectivity index (χ4v) is 2.13. The fraction of sp³-hybridized carbons (Fsp3) is 0.588. The van der Waals surface area contributed by atoms with Crippen molar-refractivity contribution in [3.8, 4) is 5.75 Å². The lowest BCUT2D eigenvalue weighted by Gasteiger charge is -2.35. The molecule has 0 spiro atoms. The van der Waals surface area contributed by atoms with Crippen LogP contribution < -0.4 is 4.74 Å². The highest BCUT2D eigenvalue weighted by atomic mass is 16.7. The average molecular weight is 294 g/mol. The van der Waals surface area contributed by atoms with Gasteiger partial charge in [0.15, 0.2) is 0 Å². The number of hydrogen-bond acceptors (Lipinski definition) is 3. The van der Waals surface area contributed by atoms with Crippen LogP contribution in [0.4, 0.5) is 0 Å². The van der Waals surface area contributed by atoms with Gasteiger partial charge < -0.3 is 14.6 Å². The molecule has 118 valence electrons. The van der Waals surface area contributed by atoms with E-state index < -0.39 is 11.8 Å². The number of hydrogen-bond donors (Lipinski definition) is 1.